The third-order valence-electron chi connectivity index (χ3n) is 6.71. The van der Waals surface area contributed by atoms with Gasteiger partial charge >= 0.3 is 6.03 Å². The van der Waals surface area contributed by atoms with Crippen LogP contribution in [0, 0.1) is 0 Å². The number of piperazine rings is 1. The summed E-state index contributed by atoms with van der Waals surface area (Å²) in [6.45, 7) is 3.25. The zero-order chi connectivity index (χ0) is 26.4. The highest BCUT2D eigenvalue weighted by Crippen LogP contribution is 2.26. The van der Waals surface area contributed by atoms with Crippen molar-refractivity contribution < 1.29 is 19.1 Å². The Morgan fingerprint density at radius 2 is 1.73 bits per heavy atom. The lowest BCUT2D eigenvalue weighted by atomic mass is 10.0. The number of nitrogens with one attached hydrogen (secondary N) is 3. The first-order valence-corrected chi connectivity index (χ1v) is 12.7. The number of hydrogen-bond acceptors (Lipinski definition) is 6. The normalized spacial score (nSPS) is 18.2. The molecule has 2 aliphatic heterocycles. The molecule has 10 nitrogen and oxygen atoms in total. The average molecular weight is 529 g/mol. The number of anilines is 1. The molecule has 0 spiro atoms. The van der Waals surface area contributed by atoms with E-state index < -0.39 is 12.1 Å². The van der Waals surface area contributed by atoms with E-state index in [0.717, 1.165) is 25.9 Å². The van der Waals surface area contributed by atoms with Gasteiger partial charge in [-0.25, -0.2) is 9.80 Å². The van der Waals surface area contributed by atoms with Crippen LogP contribution >= 0.6 is 11.6 Å². The molecule has 2 saturated heterocycles. The van der Waals surface area contributed by atoms with E-state index >= 15 is 0 Å². The number of amides is 4. The molecule has 0 aromatic heterocycles. The first-order valence-electron chi connectivity index (χ1n) is 12.3. The van der Waals surface area contributed by atoms with Gasteiger partial charge in [-0.05, 0) is 50.2 Å². The van der Waals surface area contributed by atoms with Crippen LogP contribution in [0.4, 0.5) is 10.5 Å². The van der Waals surface area contributed by atoms with Gasteiger partial charge in [-0.2, -0.15) is 0 Å². The molecular formula is C26H33ClN6O4. The van der Waals surface area contributed by atoms with Crippen molar-refractivity contribution in [3.05, 3.63) is 59.1 Å². The number of nitrogens with zero attached hydrogens (tertiary/aromatic N) is 3. The number of ether oxygens (including phenoxy) is 1. The fourth-order valence-corrected chi connectivity index (χ4v) is 4.85. The molecule has 2 aromatic rings. The number of carbonyl (C=O) groups is 3. The topological polar surface area (TPSA) is 106 Å². The van der Waals surface area contributed by atoms with Gasteiger partial charge in [0.2, 0.25) is 5.91 Å². The Bertz CT molecular complexity index is 1110. The first-order chi connectivity index (χ1) is 17.8. The number of methoxy groups -OCH3 is 1. The second-order valence-electron chi connectivity index (χ2n) is 9.30. The molecule has 3 N–H and O–H groups in total. The maximum Gasteiger partial charge on any atom is 0.320 e. The predicted molar refractivity (Wildman–Crippen MR) is 141 cm³/mol. The summed E-state index contributed by atoms with van der Waals surface area (Å²) in [5.74, 6) is 0.259. The second-order valence-corrected chi connectivity index (χ2v) is 9.74. The summed E-state index contributed by atoms with van der Waals surface area (Å²) < 4.78 is 5.46. The van der Waals surface area contributed by atoms with E-state index in [9.17, 15) is 14.4 Å². The molecule has 2 aliphatic rings. The molecule has 2 fully saturated rings. The number of hydrogen-bond donors (Lipinski definition) is 3. The number of likely N-dealkylation sites (N-methyl/N-ethyl adjacent to an activating group) is 1. The van der Waals surface area contributed by atoms with Gasteiger partial charge in [0.15, 0.2) is 0 Å². The molecule has 1 unspecified atom stereocenters. The van der Waals surface area contributed by atoms with Crippen LogP contribution < -0.4 is 20.8 Å². The van der Waals surface area contributed by atoms with Crippen LogP contribution in [0.1, 0.15) is 24.4 Å². The highest BCUT2D eigenvalue weighted by Gasteiger charge is 2.33. The lowest BCUT2D eigenvalue weighted by Crippen LogP contribution is -2.57. The van der Waals surface area contributed by atoms with Crippen LogP contribution in [0.15, 0.2) is 48.5 Å². The van der Waals surface area contributed by atoms with Crippen molar-refractivity contribution in [3.63, 3.8) is 0 Å². The third-order valence-corrected chi connectivity index (χ3v) is 6.96. The summed E-state index contributed by atoms with van der Waals surface area (Å²) in [5.41, 5.74) is 4.03. The summed E-state index contributed by atoms with van der Waals surface area (Å²) in [7, 11) is 3.47. The first kappa shape index (κ1) is 26.7. The molecule has 4 rings (SSSR count). The van der Waals surface area contributed by atoms with E-state index in [1.807, 2.05) is 21.9 Å². The van der Waals surface area contributed by atoms with Gasteiger partial charge in [0.05, 0.1) is 13.7 Å². The molecule has 4 amide bonds. The lowest BCUT2D eigenvalue weighted by molar-refractivity contribution is -0.140. The molecule has 2 aromatic carbocycles. The van der Waals surface area contributed by atoms with Crippen LogP contribution in [0.5, 0.6) is 5.75 Å². The van der Waals surface area contributed by atoms with E-state index in [0.29, 0.717) is 41.7 Å². The monoisotopic (exact) mass is 528 g/mol. The molecule has 0 saturated carbocycles. The predicted octanol–water partition coefficient (Wildman–Crippen LogP) is 2.48. The summed E-state index contributed by atoms with van der Waals surface area (Å²) >= 11 is 5.93. The quantitative estimate of drug-likeness (QED) is 0.510. The number of benzene rings is 2. The van der Waals surface area contributed by atoms with Crippen molar-refractivity contribution in [3.8, 4) is 5.75 Å². The van der Waals surface area contributed by atoms with E-state index in [1.165, 1.54) is 7.11 Å². The van der Waals surface area contributed by atoms with Gasteiger partial charge in [0.25, 0.3) is 5.91 Å². The van der Waals surface area contributed by atoms with E-state index in [2.05, 4.69) is 16.1 Å². The van der Waals surface area contributed by atoms with Crippen LogP contribution in [0.25, 0.3) is 0 Å². The SMILES string of the molecule is COc1ccccc1C(NC(=O)Nc1ccc(Cl)cc1)C(=O)NN1CCC(N2CCN(C)CC2=O)CC1. The Morgan fingerprint density at radius 3 is 2.41 bits per heavy atom. The highest BCUT2D eigenvalue weighted by atomic mass is 35.5. The molecule has 0 bridgehead atoms. The van der Waals surface area contributed by atoms with Crippen molar-refractivity contribution in [2.45, 2.75) is 24.9 Å². The zero-order valence-electron chi connectivity index (χ0n) is 21.1. The molecule has 2 heterocycles. The maximum absolute atomic E-state index is 13.4. The van der Waals surface area contributed by atoms with Crippen molar-refractivity contribution in [1.82, 2.24) is 25.6 Å². The third kappa shape index (κ3) is 6.91. The van der Waals surface area contributed by atoms with Crippen LogP contribution in [0.2, 0.25) is 5.02 Å². The van der Waals surface area contributed by atoms with Gasteiger partial charge < -0.3 is 20.3 Å². The minimum Gasteiger partial charge on any atom is -0.496 e. The molecule has 37 heavy (non-hydrogen) atoms. The van der Waals surface area contributed by atoms with Crippen molar-refractivity contribution >= 4 is 35.1 Å². The smallest absolute Gasteiger partial charge is 0.320 e. The standard InChI is InChI=1S/C26H33ClN6O4/c1-31-15-16-33(23(34)17-31)20-11-13-32(14-12-20)30-25(35)24(21-5-3-4-6-22(21)37-2)29-26(36)28-19-9-7-18(27)8-10-19/h3-10,20,24H,11-17H2,1-2H3,(H,30,35)(H2,28,29,36). The Morgan fingerprint density at radius 1 is 1.03 bits per heavy atom. The fourth-order valence-electron chi connectivity index (χ4n) is 4.72. The summed E-state index contributed by atoms with van der Waals surface area (Å²) in [6.07, 6.45) is 1.53. The van der Waals surface area contributed by atoms with Crippen molar-refractivity contribution in [1.29, 1.82) is 0 Å². The molecule has 0 aliphatic carbocycles. The molecule has 1 atom stereocenters. The van der Waals surface area contributed by atoms with Crippen molar-refractivity contribution in [2.75, 3.05) is 52.2 Å². The maximum atomic E-state index is 13.4. The Labute approximate surface area is 221 Å². The van der Waals surface area contributed by atoms with Gasteiger partial charge in [-0.1, -0.05) is 29.8 Å². The fraction of sp³-hybridized carbons (Fsp3) is 0.423. The minimum atomic E-state index is -1.000. The number of carbonyl (C=O) groups excluding carboxylic acids is 3. The van der Waals surface area contributed by atoms with Gasteiger partial charge in [-0.15, -0.1) is 0 Å². The molecule has 11 heteroatoms. The summed E-state index contributed by atoms with van der Waals surface area (Å²) in [4.78, 5) is 42.7. The molecular weight excluding hydrogens is 496 g/mol. The van der Waals surface area contributed by atoms with E-state index in [-0.39, 0.29) is 17.9 Å². The molecule has 198 valence electrons. The number of hydrazine groups is 1. The van der Waals surface area contributed by atoms with Gasteiger partial charge in [0.1, 0.15) is 11.8 Å². The van der Waals surface area contributed by atoms with Crippen LogP contribution in [-0.4, -0.2) is 85.6 Å². The van der Waals surface area contributed by atoms with Crippen LogP contribution in [0.3, 0.4) is 0 Å². The van der Waals surface area contributed by atoms with Gasteiger partial charge in [-0.3, -0.25) is 19.9 Å². The lowest BCUT2D eigenvalue weighted by Gasteiger charge is -2.42. The second kappa shape index (κ2) is 12.3. The number of urea groups is 1. The Balaban J connectivity index is 1.40. The summed E-state index contributed by atoms with van der Waals surface area (Å²) in [6, 6.07) is 12.4. The highest BCUT2D eigenvalue weighted by molar-refractivity contribution is 6.30. The Kier molecular flexibility index (Phi) is 8.86. The number of para-hydroxylation sites is 1. The van der Waals surface area contributed by atoms with E-state index in [4.69, 9.17) is 16.3 Å². The number of rotatable bonds is 7. The van der Waals surface area contributed by atoms with Crippen LogP contribution in [-0.2, 0) is 9.59 Å². The van der Waals surface area contributed by atoms with Crippen molar-refractivity contribution in [2.24, 2.45) is 0 Å². The Hall–Kier alpha value is -3.34. The largest absolute Gasteiger partial charge is 0.496 e. The van der Waals surface area contributed by atoms with Gasteiger partial charge in [0, 0.05) is 48.5 Å². The molecule has 0 radical (unpaired) electrons. The minimum absolute atomic E-state index is 0.156. The number of piperidine rings is 1. The summed E-state index contributed by atoms with van der Waals surface area (Å²) in [5, 5.41) is 7.90. The van der Waals surface area contributed by atoms with E-state index in [1.54, 1.807) is 48.5 Å². The number of halogens is 1. The average Bonchev–Trinajstić information content (AvgIpc) is 2.89. The zero-order valence-corrected chi connectivity index (χ0v) is 21.8.